The first-order valence-corrected chi connectivity index (χ1v) is 30.9. The summed E-state index contributed by atoms with van der Waals surface area (Å²) in [5.41, 5.74) is -1.00. The van der Waals surface area contributed by atoms with E-state index >= 15 is 0 Å². The minimum atomic E-state index is -1.91. The van der Waals surface area contributed by atoms with Gasteiger partial charge in [0, 0.05) is 98.1 Å². The number of esters is 1. The van der Waals surface area contributed by atoms with Gasteiger partial charge in [0.05, 0.1) is 49.8 Å². The molecule has 500 valence electrons. The molecule has 9 amide bonds. The summed E-state index contributed by atoms with van der Waals surface area (Å²) in [5.74, 6) is -3.97. The molecular formula is C62H79ClN8O20S. The fourth-order valence-corrected chi connectivity index (χ4v) is 11.5. The van der Waals surface area contributed by atoms with Crippen LogP contribution in [0.2, 0.25) is 5.02 Å². The number of hydrogen-bond acceptors (Lipinski definition) is 21. The van der Waals surface area contributed by atoms with Crippen LogP contribution in [0, 0.1) is 5.92 Å². The molecule has 5 aliphatic rings. The van der Waals surface area contributed by atoms with Crippen LogP contribution in [0.25, 0.3) is 0 Å². The van der Waals surface area contributed by atoms with E-state index in [2.05, 4.69) is 16.0 Å². The number of epoxide rings is 1. The molecule has 2 aromatic carbocycles. The molecule has 30 heteroatoms. The van der Waals surface area contributed by atoms with E-state index in [4.69, 9.17) is 54.2 Å². The maximum absolute atomic E-state index is 14.4. The number of carbonyl (C=O) groups is 10. The van der Waals surface area contributed by atoms with Gasteiger partial charge in [0.1, 0.15) is 60.2 Å². The molecule has 2 aromatic rings. The first-order chi connectivity index (χ1) is 43.7. The standard InChI is InChI=1S/C62H79ClN8O20S/c1-36-13-11-15-47(84-10)62(82)32-46(89-58(79)66-62)37(2)54-61(4,91-54)48(31-52(75)70(8)44-29-40(27-36)30-45(83-9)53(44)63)90-56(77)38(3)69(7)49(72)20-26-92-60(81)68(6)24-23-67(5)59(80)87-33-39-16-17-43(65-57(78)88-41-14-12-25-85-35-86-34-41)42(28-39)55(76)64-21-22-71-50(73)18-19-51(71)74/h11-19,28-30,37-38,41,46-48,54,82H,20-27,31-35H2,1-10H3,(H,64,76)(H,65,78)(H,66,79)/b14-12?,15-11+,36-13+/t37-,38+,41?,46+,47-,48+,54+,61+,62+/m1/s1. The number of carbonyl (C=O) groups excluding carboxylic acids is 10. The summed E-state index contributed by atoms with van der Waals surface area (Å²) in [6.45, 7) is 6.52. The number of likely N-dealkylation sites (N-methyl/N-ethyl adjacent to an activating group) is 3. The summed E-state index contributed by atoms with van der Waals surface area (Å²) in [7, 11) is 8.74. The molecule has 92 heavy (non-hydrogen) atoms. The van der Waals surface area contributed by atoms with Gasteiger partial charge in [-0.15, -0.1) is 0 Å². The Bertz CT molecular complexity index is 3240. The topological polar surface area (TPSA) is 330 Å². The van der Waals surface area contributed by atoms with E-state index in [0.29, 0.717) is 23.4 Å². The van der Waals surface area contributed by atoms with Gasteiger partial charge in [-0.3, -0.25) is 44.3 Å². The largest absolute Gasteiger partial charge is 0.495 e. The Balaban J connectivity index is 0.927. The predicted octanol–water partition coefficient (Wildman–Crippen LogP) is 5.09. The van der Waals surface area contributed by atoms with Crippen molar-refractivity contribution in [1.82, 2.24) is 30.2 Å². The zero-order chi connectivity index (χ0) is 67.2. The van der Waals surface area contributed by atoms with Crippen molar-refractivity contribution < 1.29 is 95.7 Å². The first kappa shape index (κ1) is 71.4. The van der Waals surface area contributed by atoms with Gasteiger partial charge < -0.3 is 72.7 Å². The highest BCUT2D eigenvalue weighted by molar-refractivity contribution is 8.13. The normalized spacial score (nSPS) is 25.2. The van der Waals surface area contributed by atoms with Crippen molar-refractivity contribution in [3.05, 3.63) is 100 Å². The van der Waals surface area contributed by atoms with Crippen LogP contribution < -0.4 is 25.6 Å². The molecular weight excluding hydrogens is 1240 g/mol. The summed E-state index contributed by atoms with van der Waals surface area (Å²) < 4.78 is 50.9. The van der Waals surface area contributed by atoms with Crippen LogP contribution in [0.3, 0.4) is 0 Å². The molecule has 2 fully saturated rings. The van der Waals surface area contributed by atoms with Crippen LogP contribution in [0.1, 0.15) is 68.4 Å². The lowest BCUT2D eigenvalue weighted by atomic mass is 9.83. The Kier molecular flexibility index (Phi) is 24.8. The van der Waals surface area contributed by atoms with Gasteiger partial charge in [-0.2, -0.15) is 0 Å². The van der Waals surface area contributed by atoms with E-state index in [9.17, 15) is 53.1 Å². The Morgan fingerprint density at radius 2 is 1.71 bits per heavy atom. The van der Waals surface area contributed by atoms with Gasteiger partial charge in [-0.1, -0.05) is 66.2 Å². The second-order valence-corrected chi connectivity index (χ2v) is 24.2. The maximum atomic E-state index is 14.4. The molecule has 7 rings (SSSR count). The van der Waals surface area contributed by atoms with Crippen LogP contribution in [-0.2, 0) is 74.9 Å². The van der Waals surface area contributed by atoms with E-state index in [-0.39, 0.29) is 87.7 Å². The lowest BCUT2D eigenvalue weighted by Gasteiger charge is -2.42. The van der Waals surface area contributed by atoms with Crippen molar-refractivity contribution in [3.63, 3.8) is 0 Å². The smallest absolute Gasteiger partial charge is 0.412 e. The minimum absolute atomic E-state index is 0.00253. The number of halogens is 1. The molecule has 0 saturated carbocycles. The number of fused-ring (bicyclic) bond motifs is 5. The number of aliphatic hydroxyl groups is 1. The van der Waals surface area contributed by atoms with Gasteiger partial charge in [-0.25, -0.2) is 19.2 Å². The summed E-state index contributed by atoms with van der Waals surface area (Å²) in [5, 5.41) is 19.3. The number of nitrogens with one attached hydrogen (secondary N) is 3. The van der Waals surface area contributed by atoms with Crippen molar-refractivity contribution in [2.24, 2.45) is 5.92 Å². The molecule has 0 aromatic heterocycles. The highest BCUT2D eigenvalue weighted by Crippen LogP contribution is 2.49. The molecule has 1 unspecified atom stereocenters. The number of thioether (sulfide) groups is 1. The summed E-state index contributed by atoms with van der Waals surface area (Å²) in [4.78, 5) is 138. The number of alkyl carbamates (subject to hydrolysis) is 1. The van der Waals surface area contributed by atoms with Gasteiger partial charge in [0.25, 0.3) is 23.0 Å². The number of hydrogen-bond donors (Lipinski definition) is 4. The van der Waals surface area contributed by atoms with Gasteiger partial charge in [0.2, 0.25) is 11.8 Å². The third-order valence-electron chi connectivity index (χ3n) is 16.2. The maximum Gasteiger partial charge on any atom is 0.412 e. The highest BCUT2D eigenvalue weighted by atomic mass is 35.5. The molecule has 0 spiro atoms. The third-order valence-corrected chi connectivity index (χ3v) is 17.5. The van der Waals surface area contributed by atoms with Crippen LogP contribution in [0.5, 0.6) is 5.75 Å². The SMILES string of the molecule is COc1cc2cc(c1Cl)N(C)C(=O)C[C@H](OC(=O)[C@H](C)N(C)C(=O)CCSC(=O)N(C)CCN(C)C(=O)OCc1ccc(NC(=O)OC3C=CCOCOC3)c(C(=O)NCCN3C(=O)C=CC3=O)c1)[C@]1(C)O[C@H]1[C@H](C)[C@@H]1C[C@@](O)(NC(=O)O1)[C@H](OC)/C=C/C=C(\C)C2. The lowest BCUT2D eigenvalue weighted by molar-refractivity contribution is -0.162. The third kappa shape index (κ3) is 18.4. The Morgan fingerprint density at radius 3 is 2.42 bits per heavy atom. The summed E-state index contributed by atoms with van der Waals surface area (Å²) >= 11 is 7.67. The number of ether oxygens (including phenoxy) is 9. The second-order valence-electron chi connectivity index (χ2n) is 22.8. The zero-order valence-corrected chi connectivity index (χ0v) is 54.5. The van der Waals surface area contributed by atoms with E-state index in [1.165, 1.54) is 87.1 Å². The zero-order valence-electron chi connectivity index (χ0n) is 52.9. The first-order valence-electron chi connectivity index (χ1n) is 29.5. The number of nitrogens with zero attached hydrogens (tertiary/aromatic N) is 5. The number of rotatable bonds is 19. The fraction of sp³-hybridized carbons (Fsp3) is 0.516. The molecule has 4 bridgehead atoms. The van der Waals surface area contributed by atoms with Crippen molar-refractivity contribution in [2.75, 3.05) is 105 Å². The van der Waals surface area contributed by atoms with Crippen molar-refractivity contribution in [2.45, 2.75) is 108 Å². The molecule has 0 radical (unpaired) electrons. The molecule has 2 saturated heterocycles. The number of benzene rings is 2. The summed E-state index contributed by atoms with van der Waals surface area (Å²) in [6, 6.07) is 6.61. The quantitative estimate of drug-likeness (QED) is 0.0468. The minimum Gasteiger partial charge on any atom is -0.495 e. The summed E-state index contributed by atoms with van der Waals surface area (Å²) in [6.07, 6.45) is 2.96. The molecule has 5 aliphatic heterocycles. The Hall–Kier alpha value is -8.06. The monoisotopic (exact) mass is 1320 g/mol. The molecule has 5 heterocycles. The van der Waals surface area contributed by atoms with Crippen molar-refractivity contribution in [3.8, 4) is 5.75 Å². The molecule has 0 aliphatic carbocycles. The number of imide groups is 1. The van der Waals surface area contributed by atoms with Crippen molar-refractivity contribution in [1.29, 1.82) is 0 Å². The van der Waals surface area contributed by atoms with Gasteiger partial charge in [-0.05, 0) is 68.7 Å². The average Bonchev–Trinajstić information content (AvgIpc) is 1.56. The van der Waals surface area contributed by atoms with Gasteiger partial charge >= 0.3 is 24.2 Å². The number of allylic oxidation sites excluding steroid dienone is 3. The Labute approximate surface area is 541 Å². The number of anilines is 2. The number of methoxy groups -OCH3 is 2. The molecule has 9 atom stereocenters. The van der Waals surface area contributed by atoms with Crippen LogP contribution in [0.15, 0.2) is 78.4 Å². The Morgan fingerprint density at radius 1 is 0.978 bits per heavy atom. The van der Waals surface area contributed by atoms with Crippen LogP contribution >= 0.6 is 23.4 Å². The fourth-order valence-electron chi connectivity index (χ4n) is 10.4. The molecule has 4 N–H and O–H groups in total. The predicted molar refractivity (Wildman–Crippen MR) is 333 cm³/mol. The highest BCUT2D eigenvalue weighted by Gasteiger charge is 2.64. The van der Waals surface area contributed by atoms with Crippen LogP contribution in [0.4, 0.5) is 30.6 Å². The molecule has 28 nitrogen and oxygen atoms in total. The second kappa shape index (κ2) is 32.0. The van der Waals surface area contributed by atoms with E-state index in [1.807, 2.05) is 13.0 Å². The van der Waals surface area contributed by atoms with Gasteiger partial charge in [0.15, 0.2) is 5.72 Å². The van der Waals surface area contributed by atoms with Crippen LogP contribution in [-0.4, -0.2) is 226 Å². The van der Waals surface area contributed by atoms with E-state index in [0.717, 1.165) is 40.0 Å². The van der Waals surface area contributed by atoms with Crippen molar-refractivity contribution >= 4 is 93.8 Å². The lowest BCUT2D eigenvalue weighted by Crippen LogP contribution is -2.63. The average molecular weight is 1320 g/mol. The van der Waals surface area contributed by atoms with E-state index < -0.39 is 119 Å². The van der Waals surface area contributed by atoms with E-state index in [1.54, 1.807) is 50.3 Å². The number of amides is 9.